The maximum absolute atomic E-state index is 13.5. The van der Waals surface area contributed by atoms with Gasteiger partial charge in [-0.05, 0) is 25.5 Å². The quantitative estimate of drug-likeness (QED) is 0.899. The van der Waals surface area contributed by atoms with Crippen LogP contribution in [0.15, 0.2) is 30.6 Å². The van der Waals surface area contributed by atoms with E-state index in [4.69, 9.17) is 0 Å². The zero-order valence-corrected chi connectivity index (χ0v) is 11.0. The Morgan fingerprint density at radius 1 is 1.32 bits per heavy atom. The number of benzene rings is 1. The lowest BCUT2D eigenvalue weighted by molar-refractivity contribution is 0.499. The fourth-order valence-corrected chi connectivity index (χ4v) is 1.96. The van der Waals surface area contributed by atoms with Crippen LogP contribution < -0.4 is 5.32 Å². The van der Waals surface area contributed by atoms with Gasteiger partial charge in [-0.3, -0.25) is 4.68 Å². The van der Waals surface area contributed by atoms with Crippen LogP contribution >= 0.6 is 0 Å². The van der Waals surface area contributed by atoms with Crippen molar-refractivity contribution in [2.75, 3.05) is 0 Å². The summed E-state index contributed by atoms with van der Waals surface area (Å²) in [5.41, 5.74) is 1.18. The molecule has 1 unspecified atom stereocenters. The lowest BCUT2D eigenvalue weighted by Gasteiger charge is -2.14. The number of aromatic nitrogens is 2. The van der Waals surface area contributed by atoms with Crippen LogP contribution in [0, 0.1) is 11.6 Å². The molecule has 1 aromatic carbocycles. The normalized spacial score (nSPS) is 12.6. The molecular formula is C14H17F2N3. The van der Waals surface area contributed by atoms with Crippen molar-refractivity contribution >= 4 is 0 Å². The molecule has 0 aliphatic rings. The van der Waals surface area contributed by atoms with Crippen molar-refractivity contribution in [1.29, 1.82) is 0 Å². The molecule has 0 spiro atoms. The van der Waals surface area contributed by atoms with Gasteiger partial charge in [-0.25, -0.2) is 8.78 Å². The number of hydrogen-bond donors (Lipinski definition) is 1. The molecule has 2 rings (SSSR count). The van der Waals surface area contributed by atoms with Gasteiger partial charge in [0.15, 0.2) is 0 Å². The third-order valence-electron chi connectivity index (χ3n) is 2.98. The van der Waals surface area contributed by atoms with E-state index in [0.717, 1.165) is 5.56 Å². The summed E-state index contributed by atoms with van der Waals surface area (Å²) in [4.78, 5) is 0. The summed E-state index contributed by atoms with van der Waals surface area (Å²) >= 11 is 0. The first-order valence-corrected chi connectivity index (χ1v) is 6.20. The van der Waals surface area contributed by atoms with Crippen LogP contribution in [0.25, 0.3) is 0 Å². The predicted octanol–water partition coefficient (Wildman–Crippen LogP) is 2.42. The summed E-state index contributed by atoms with van der Waals surface area (Å²) in [6.45, 7) is 2.54. The second kappa shape index (κ2) is 5.93. The molecule has 0 amide bonds. The highest BCUT2D eigenvalue weighted by atomic mass is 19.1. The van der Waals surface area contributed by atoms with Crippen LogP contribution in [0.2, 0.25) is 0 Å². The van der Waals surface area contributed by atoms with E-state index < -0.39 is 11.6 Å². The number of nitrogens with one attached hydrogen (secondary N) is 1. The fraction of sp³-hybridized carbons (Fsp3) is 0.357. The standard InChI is InChI=1S/C14H17F2N3/c1-10(17-7-11-8-18-19(2)9-11)6-12-13(15)4-3-5-14(12)16/h3-5,8-10,17H,6-7H2,1-2H3. The number of rotatable bonds is 5. The van der Waals surface area contributed by atoms with E-state index >= 15 is 0 Å². The molecule has 0 saturated heterocycles. The highest BCUT2D eigenvalue weighted by Crippen LogP contribution is 2.14. The third-order valence-corrected chi connectivity index (χ3v) is 2.98. The van der Waals surface area contributed by atoms with E-state index in [-0.39, 0.29) is 11.6 Å². The number of hydrogen-bond acceptors (Lipinski definition) is 2. The largest absolute Gasteiger partial charge is 0.310 e. The fourth-order valence-electron chi connectivity index (χ4n) is 1.96. The van der Waals surface area contributed by atoms with Crippen LogP contribution in [0.1, 0.15) is 18.1 Å². The van der Waals surface area contributed by atoms with Crippen molar-refractivity contribution in [2.24, 2.45) is 7.05 Å². The Hall–Kier alpha value is -1.75. The minimum absolute atomic E-state index is 0.0217. The highest BCUT2D eigenvalue weighted by Gasteiger charge is 2.12. The van der Waals surface area contributed by atoms with Gasteiger partial charge in [0.05, 0.1) is 6.20 Å². The van der Waals surface area contributed by atoms with Crippen molar-refractivity contribution in [2.45, 2.75) is 25.9 Å². The van der Waals surface area contributed by atoms with E-state index in [2.05, 4.69) is 10.4 Å². The van der Waals surface area contributed by atoms with Crippen LogP contribution in [-0.4, -0.2) is 15.8 Å². The van der Waals surface area contributed by atoms with Crippen molar-refractivity contribution in [3.05, 3.63) is 53.4 Å². The van der Waals surface area contributed by atoms with Crippen LogP contribution in [0.3, 0.4) is 0 Å². The molecule has 19 heavy (non-hydrogen) atoms. The molecule has 1 heterocycles. The van der Waals surface area contributed by atoms with Crippen molar-refractivity contribution in [3.63, 3.8) is 0 Å². The average Bonchev–Trinajstić information content (AvgIpc) is 2.77. The number of nitrogens with zero attached hydrogens (tertiary/aromatic N) is 2. The van der Waals surface area contributed by atoms with E-state index in [1.165, 1.54) is 18.2 Å². The Labute approximate surface area is 111 Å². The van der Waals surface area contributed by atoms with E-state index in [1.54, 1.807) is 10.9 Å². The Balaban J connectivity index is 1.92. The molecule has 2 aromatic rings. The van der Waals surface area contributed by atoms with E-state index in [0.29, 0.717) is 13.0 Å². The van der Waals surface area contributed by atoms with E-state index in [9.17, 15) is 8.78 Å². The Kier molecular flexibility index (Phi) is 4.27. The zero-order chi connectivity index (χ0) is 13.8. The first-order chi connectivity index (χ1) is 9.06. The Morgan fingerprint density at radius 3 is 2.58 bits per heavy atom. The van der Waals surface area contributed by atoms with Crippen molar-refractivity contribution in [1.82, 2.24) is 15.1 Å². The van der Waals surface area contributed by atoms with Crippen LogP contribution in [0.5, 0.6) is 0 Å². The second-order valence-corrected chi connectivity index (χ2v) is 4.71. The summed E-state index contributed by atoms with van der Waals surface area (Å²) in [5.74, 6) is -0.981. The lowest BCUT2D eigenvalue weighted by atomic mass is 10.1. The number of halogens is 2. The minimum atomic E-state index is -0.491. The first-order valence-electron chi connectivity index (χ1n) is 6.20. The topological polar surface area (TPSA) is 29.9 Å². The molecule has 1 aromatic heterocycles. The molecule has 0 fully saturated rings. The summed E-state index contributed by atoms with van der Waals surface area (Å²) in [5, 5.41) is 7.29. The molecule has 0 radical (unpaired) electrons. The molecule has 1 atom stereocenters. The van der Waals surface area contributed by atoms with Crippen molar-refractivity contribution < 1.29 is 8.78 Å². The van der Waals surface area contributed by atoms with Crippen molar-refractivity contribution in [3.8, 4) is 0 Å². The zero-order valence-electron chi connectivity index (χ0n) is 11.0. The summed E-state index contributed by atoms with van der Waals surface area (Å²) in [6.07, 6.45) is 3.99. The van der Waals surface area contributed by atoms with Gasteiger partial charge in [0.25, 0.3) is 0 Å². The van der Waals surface area contributed by atoms with Gasteiger partial charge in [-0.2, -0.15) is 5.10 Å². The Morgan fingerprint density at radius 2 is 2.00 bits per heavy atom. The monoisotopic (exact) mass is 265 g/mol. The maximum Gasteiger partial charge on any atom is 0.129 e. The number of aryl methyl sites for hydroxylation is 1. The third kappa shape index (κ3) is 3.61. The molecule has 102 valence electrons. The maximum atomic E-state index is 13.5. The second-order valence-electron chi connectivity index (χ2n) is 4.71. The van der Waals surface area contributed by atoms with Gasteiger partial charge in [-0.1, -0.05) is 6.07 Å². The smallest absolute Gasteiger partial charge is 0.129 e. The summed E-state index contributed by atoms with van der Waals surface area (Å²) in [6, 6.07) is 3.92. The molecular weight excluding hydrogens is 248 g/mol. The van der Waals surface area contributed by atoms with Crippen LogP contribution in [0.4, 0.5) is 8.78 Å². The van der Waals surface area contributed by atoms with Gasteiger partial charge >= 0.3 is 0 Å². The van der Waals surface area contributed by atoms with E-state index in [1.807, 2.05) is 20.2 Å². The van der Waals surface area contributed by atoms with Crippen LogP contribution in [-0.2, 0) is 20.0 Å². The molecule has 1 N–H and O–H groups in total. The molecule has 0 aliphatic heterocycles. The van der Waals surface area contributed by atoms with Gasteiger partial charge in [0, 0.05) is 37.0 Å². The lowest BCUT2D eigenvalue weighted by Crippen LogP contribution is -2.28. The summed E-state index contributed by atoms with van der Waals surface area (Å²) < 4.78 is 28.7. The highest BCUT2D eigenvalue weighted by molar-refractivity contribution is 5.20. The molecule has 0 saturated carbocycles. The van der Waals surface area contributed by atoms with Gasteiger partial charge < -0.3 is 5.32 Å². The molecule has 0 bridgehead atoms. The minimum Gasteiger partial charge on any atom is -0.310 e. The SMILES string of the molecule is CC(Cc1c(F)cccc1F)NCc1cnn(C)c1. The first kappa shape index (κ1) is 13.7. The molecule has 5 heteroatoms. The molecule has 0 aliphatic carbocycles. The average molecular weight is 265 g/mol. The van der Waals surface area contributed by atoms with Gasteiger partial charge in [-0.15, -0.1) is 0 Å². The summed E-state index contributed by atoms with van der Waals surface area (Å²) in [7, 11) is 1.85. The predicted molar refractivity (Wildman–Crippen MR) is 69.6 cm³/mol. The Bertz CT molecular complexity index is 531. The van der Waals surface area contributed by atoms with Gasteiger partial charge in [0.1, 0.15) is 11.6 Å². The van der Waals surface area contributed by atoms with Gasteiger partial charge in [0.2, 0.25) is 0 Å². The molecule has 3 nitrogen and oxygen atoms in total.